The van der Waals surface area contributed by atoms with E-state index in [4.69, 9.17) is 31.2 Å². The van der Waals surface area contributed by atoms with Crippen LogP contribution in [0.5, 0.6) is 0 Å². The fourth-order valence-electron chi connectivity index (χ4n) is 0. The molecule has 0 fully saturated rings. The third-order valence-corrected chi connectivity index (χ3v) is 0. The van der Waals surface area contributed by atoms with E-state index in [1.807, 2.05) is 0 Å². The van der Waals surface area contributed by atoms with Crippen molar-refractivity contribution in [3.8, 4) is 0 Å². The van der Waals surface area contributed by atoms with Gasteiger partial charge in [-0.05, 0) is 0 Å². The van der Waals surface area contributed by atoms with E-state index in [1.165, 1.54) is 0 Å². The van der Waals surface area contributed by atoms with Crippen molar-refractivity contribution in [2.45, 2.75) is 0 Å². The predicted octanol–water partition coefficient (Wildman–Crippen LogP) is -2.86. The van der Waals surface area contributed by atoms with Crippen LogP contribution in [-0.2, 0) is 43.6 Å². The standard InChI is InChI=1S/Ag.Cr.NO3.4O/c;;2-1(3)4;;;;/q;;-1;;;2*-1. The molecule has 0 saturated heterocycles. The molecular weight excluding hydrogens is 286 g/mol. The second kappa shape index (κ2) is 7.10. The van der Waals surface area contributed by atoms with Crippen LogP contribution in [0.3, 0.4) is 0 Å². The van der Waals surface area contributed by atoms with Crippen molar-refractivity contribution >= 4 is 0 Å². The molecule has 10 heteroatoms. The minimum absolute atomic E-state index is 0. The molecule has 8 nitrogen and oxygen atoms in total. The predicted molar refractivity (Wildman–Crippen MR) is 11.7 cm³/mol. The number of hydrogen-bond acceptors (Lipinski definition) is 7. The fourth-order valence-corrected chi connectivity index (χ4v) is 0. The summed E-state index contributed by atoms with van der Waals surface area (Å²) in [6.45, 7) is 0. The van der Waals surface area contributed by atoms with Crippen molar-refractivity contribution in [2.24, 2.45) is 0 Å². The first-order valence-corrected chi connectivity index (χ1v) is 3.30. The van der Waals surface area contributed by atoms with Gasteiger partial charge in [-0.2, -0.15) is 0 Å². The molecule has 0 aliphatic carbocycles. The Balaban J connectivity index is -0.0000000910. The van der Waals surface area contributed by atoms with Crippen LogP contribution in [0.2, 0.25) is 0 Å². The molecule has 10 heavy (non-hydrogen) atoms. The molecule has 0 amide bonds. The summed E-state index contributed by atoms with van der Waals surface area (Å²) in [5.74, 6) is 0. The van der Waals surface area contributed by atoms with Gasteiger partial charge in [0.25, 0.3) is 0 Å². The van der Waals surface area contributed by atoms with E-state index >= 15 is 0 Å². The van der Waals surface area contributed by atoms with Gasteiger partial charge in [-0.15, -0.1) is 0 Å². The van der Waals surface area contributed by atoms with Crippen LogP contribution in [0, 0.1) is 15.3 Å². The fraction of sp³-hybridized carbons (Fsp3) is 0. The molecule has 0 aromatic rings. The summed E-state index contributed by atoms with van der Waals surface area (Å²) in [5, 5.41) is 14.8. The molecule has 0 N–H and O–H groups in total. The molecule has 0 bridgehead atoms. The maximum absolute atomic E-state index is 8.59. The topological polar surface area (TPSA) is 146 Å². The summed E-state index contributed by atoms with van der Waals surface area (Å²) >= 11 is -5.75. The van der Waals surface area contributed by atoms with Gasteiger partial charge in [0.2, 0.25) is 0 Å². The third kappa shape index (κ3) is 7390000. The van der Waals surface area contributed by atoms with Gasteiger partial charge < -0.3 is 15.3 Å². The van der Waals surface area contributed by atoms with Crippen LogP contribution in [0.1, 0.15) is 0 Å². The number of rotatable bonds is 0. The Morgan fingerprint density at radius 2 is 1.10 bits per heavy atom. The normalized spacial score (nSPS) is 8.20. The summed E-state index contributed by atoms with van der Waals surface area (Å²) in [5.41, 5.74) is 0. The van der Waals surface area contributed by atoms with Gasteiger partial charge in [-0.1, -0.05) is 0 Å². The number of nitrogens with zero attached hydrogens (tertiary/aromatic N) is 1. The van der Waals surface area contributed by atoms with Crippen LogP contribution < -0.4 is 8.32 Å². The Morgan fingerprint density at radius 3 is 1.10 bits per heavy atom. The Labute approximate surface area is 72.5 Å². The van der Waals surface area contributed by atoms with Crippen LogP contribution in [-0.4, -0.2) is 5.09 Å². The molecule has 0 aromatic carbocycles. The van der Waals surface area contributed by atoms with E-state index in [0.717, 1.165) is 0 Å². The van der Waals surface area contributed by atoms with Crippen LogP contribution in [0.25, 0.3) is 0 Å². The van der Waals surface area contributed by atoms with E-state index in [-0.39, 0.29) is 22.4 Å². The minimum atomic E-state index is -5.75. The molecule has 0 unspecified atom stereocenters. The molecule has 0 rings (SSSR count). The molecule has 67 valence electrons. The first-order valence-electron chi connectivity index (χ1n) is 1.21. The molecule has 1 radical (unpaired) electrons. The monoisotopic (exact) mass is 285 g/mol. The van der Waals surface area contributed by atoms with Crippen LogP contribution in [0.4, 0.5) is 0 Å². The van der Waals surface area contributed by atoms with Gasteiger partial charge in [0.1, 0.15) is 0 Å². The van der Waals surface area contributed by atoms with Gasteiger partial charge >= 0.3 is 29.5 Å². The van der Waals surface area contributed by atoms with E-state index in [0.29, 0.717) is 0 Å². The third-order valence-electron chi connectivity index (χ3n) is 0. The quantitative estimate of drug-likeness (QED) is 0.264. The summed E-state index contributed by atoms with van der Waals surface area (Å²) in [4.78, 5) is 8.25. The van der Waals surface area contributed by atoms with Crippen molar-refractivity contribution in [2.75, 3.05) is 0 Å². The van der Waals surface area contributed by atoms with Crippen LogP contribution >= 0.6 is 0 Å². The summed E-state index contributed by atoms with van der Waals surface area (Å²) in [6.07, 6.45) is 0. The van der Waals surface area contributed by atoms with Crippen molar-refractivity contribution in [3.05, 3.63) is 15.3 Å². The molecule has 0 aliphatic heterocycles. The molecule has 0 atom stereocenters. The second-order valence-electron chi connectivity index (χ2n) is 0.632. The molecule has 0 saturated carbocycles. The molecule has 0 aromatic heterocycles. The number of hydrogen-bond donors (Lipinski definition) is 0. The van der Waals surface area contributed by atoms with Crippen LogP contribution in [0.15, 0.2) is 0 Å². The molecular formula is AgCrNO7-3. The van der Waals surface area contributed by atoms with Gasteiger partial charge in [0.05, 0.1) is 5.09 Å². The summed E-state index contributed by atoms with van der Waals surface area (Å²) in [7, 11) is 0. The van der Waals surface area contributed by atoms with Gasteiger partial charge in [-0.25, -0.2) is 0 Å². The summed E-state index contributed by atoms with van der Waals surface area (Å²) < 4.78 is 34.4. The first kappa shape index (κ1) is 16.5. The Hall–Kier alpha value is -0.00727. The van der Waals surface area contributed by atoms with E-state index in [2.05, 4.69) is 0 Å². The van der Waals surface area contributed by atoms with Crippen molar-refractivity contribution in [1.29, 1.82) is 0 Å². The Kier molecular flexibility index (Phi) is 11.7. The maximum atomic E-state index is 8.59. The van der Waals surface area contributed by atoms with E-state index in [1.54, 1.807) is 0 Å². The van der Waals surface area contributed by atoms with Gasteiger partial charge in [-0.3, -0.25) is 0 Å². The van der Waals surface area contributed by atoms with Gasteiger partial charge in [0.15, 0.2) is 0 Å². The van der Waals surface area contributed by atoms with Crippen molar-refractivity contribution in [3.63, 3.8) is 0 Å². The average molecular weight is 286 g/mol. The SMILES string of the molecule is O=[N+]([O-])[O-].[Ag].[O]=[Cr](=[O])([O-])[O-]. The zero-order chi connectivity index (χ0) is 8.08. The summed E-state index contributed by atoms with van der Waals surface area (Å²) in [6, 6.07) is 0. The average Bonchev–Trinajstić information content (AvgIpc) is 1.19. The Morgan fingerprint density at radius 1 is 1.10 bits per heavy atom. The van der Waals surface area contributed by atoms with Crippen molar-refractivity contribution in [1.82, 2.24) is 0 Å². The zero-order valence-electron chi connectivity index (χ0n) is 4.01. The van der Waals surface area contributed by atoms with Gasteiger partial charge in [0, 0.05) is 22.4 Å². The molecule has 0 aliphatic rings. The molecule has 0 heterocycles. The van der Waals surface area contributed by atoms with E-state index < -0.39 is 18.7 Å². The molecule has 0 spiro atoms. The zero-order valence-corrected chi connectivity index (χ0v) is 6.77. The second-order valence-corrected chi connectivity index (χ2v) is 1.91. The van der Waals surface area contributed by atoms with E-state index in [9.17, 15) is 0 Å². The van der Waals surface area contributed by atoms with Crippen molar-refractivity contribution < 1.29 is 57.0 Å². The first-order chi connectivity index (χ1) is 3.73. The Bertz CT molecular complexity index is 156.